The third-order valence-electron chi connectivity index (χ3n) is 4.40. The van der Waals surface area contributed by atoms with Crippen LogP contribution in [0.4, 0.5) is 5.69 Å². The molecule has 2 N–H and O–H groups in total. The van der Waals surface area contributed by atoms with Crippen molar-refractivity contribution in [2.24, 2.45) is 11.3 Å². The summed E-state index contributed by atoms with van der Waals surface area (Å²) in [6, 6.07) is 3.52. The first kappa shape index (κ1) is 15.3. The fourth-order valence-electron chi connectivity index (χ4n) is 2.81. The van der Waals surface area contributed by atoms with Gasteiger partial charge in [-0.2, -0.15) is 0 Å². The van der Waals surface area contributed by atoms with Crippen molar-refractivity contribution in [2.75, 3.05) is 25.0 Å². The highest BCUT2D eigenvalue weighted by molar-refractivity contribution is 5.93. The molecule has 6 heteroatoms. The molecule has 1 saturated heterocycles. The molecule has 21 heavy (non-hydrogen) atoms. The molecule has 114 valence electrons. The van der Waals surface area contributed by atoms with E-state index in [9.17, 15) is 14.7 Å². The van der Waals surface area contributed by atoms with Crippen molar-refractivity contribution >= 4 is 17.6 Å². The van der Waals surface area contributed by atoms with Crippen LogP contribution >= 0.6 is 0 Å². The summed E-state index contributed by atoms with van der Waals surface area (Å²) in [6.07, 6.45) is 2.19. The highest BCUT2D eigenvalue weighted by atomic mass is 16.4. The van der Waals surface area contributed by atoms with Gasteiger partial charge < -0.3 is 15.3 Å². The van der Waals surface area contributed by atoms with Gasteiger partial charge in [0, 0.05) is 32.0 Å². The van der Waals surface area contributed by atoms with Gasteiger partial charge in [0.2, 0.25) is 0 Å². The quantitative estimate of drug-likeness (QED) is 0.875. The minimum absolute atomic E-state index is 0.0558. The van der Waals surface area contributed by atoms with Crippen LogP contribution in [-0.4, -0.2) is 42.1 Å². The van der Waals surface area contributed by atoms with E-state index in [0.29, 0.717) is 25.2 Å². The molecule has 1 amide bonds. The molecule has 1 atom stereocenters. The molecule has 1 unspecified atom stereocenters. The van der Waals surface area contributed by atoms with Crippen molar-refractivity contribution in [3.8, 4) is 0 Å². The van der Waals surface area contributed by atoms with Crippen molar-refractivity contribution in [1.29, 1.82) is 0 Å². The molecule has 0 aromatic carbocycles. The van der Waals surface area contributed by atoms with E-state index in [2.05, 4.69) is 10.3 Å². The van der Waals surface area contributed by atoms with Gasteiger partial charge in [0.1, 0.15) is 5.69 Å². The molecule has 2 heterocycles. The standard InChI is InChI=1S/C15H21N3O3/c1-10(2)15(14(20)21)5-7-18(9-15)11-4-6-17-12(8-11)13(19)16-3/h4,6,8,10H,5,7,9H2,1-3H3,(H,16,19)(H,20,21). The van der Waals surface area contributed by atoms with Gasteiger partial charge in [0.05, 0.1) is 5.41 Å². The van der Waals surface area contributed by atoms with Crippen molar-refractivity contribution in [3.05, 3.63) is 24.0 Å². The fraction of sp³-hybridized carbons (Fsp3) is 0.533. The van der Waals surface area contributed by atoms with Gasteiger partial charge >= 0.3 is 5.97 Å². The number of pyridine rings is 1. The summed E-state index contributed by atoms with van der Waals surface area (Å²) in [5.41, 5.74) is 0.455. The van der Waals surface area contributed by atoms with Crippen LogP contribution in [0.3, 0.4) is 0 Å². The van der Waals surface area contributed by atoms with Crippen molar-refractivity contribution in [3.63, 3.8) is 0 Å². The Morgan fingerprint density at radius 1 is 1.48 bits per heavy atom. The lowest BCUT2D eigenvalue weighted by atomic mass is 9.76. The normalized spacial score (nSPS) is 21.6. The number of hydrogen-bond acceptors (Lipinski definition) is 4. The number of carbonyl (C=O) groups is 2. The summed E-state index contributed by atoms with van der Waals surface area (Å²) in [6.45, 7) is 5.01. The molecule has 0 spiro atoms. The summed E-state index contributed by atoms with van der Waals surface area (Å²) >= 11 is 0. The van der Waals surface area contributed by atoms with Crippen molar-refractivity contribution < 1.29 is 14.7 Å². The number of carboxylic acid groups (broad SMARTS) is 1. The van der Waals surface area contributed by atoms with Gasteiger partial charge in [-0.15, -0.1) is 0 Å². The lowest BCUT2D eigenvalue weighted by Gasteiger charge is -2.29. The zero-order valence-corrected chi connectivity index (χ0v) is 12.6. The largest absolute Gasteiger partial charge is 0.481 e. The second-order valence-corrected chi connectivity index (χ2v) is 5.77. The van der Waals surface area contributed by atoms with Gasteiger partial charge in [-0.25, -0.2) is 0 Å². The van der Waals surface area contributed by atoms with Crippen LogP contribution in [0.5, 0.6) is 0 Å². The molecule has 1 fully saturated rings. The number of nitrogens with zero attached hydrogens (tertiary/aromatic N) is 2. The van der Waals surface area contributed by atoms with Gasteiger partial charge in [-0.3, -0.25) is 14.6 Å². The average Bonchev–Trinajstić information content (AvgIpc) is 2.93. The molecule has 2 rings (SSSR count). The predicted molar refractivity (Wildman–Crippen MR) is 79.4 cm³/mol. The van der Waals surface area contributed by atoms with Crippen LogP contribution in [0, 0.1) is 11.3 Å². The summed E-state index contributed by atoms with van der Waals surface area (Å²) < 4.78 is 0. The molecular weight excluding hydrogens is 270 g/mol. The number of hydrogen-bond donors (Lipinski definition) is 2. The summed E-state index contributed by atoms with van der Waals surface area (Å²) in [7, 11) is 1.56. The maximum Gasteiger partial charge on any atom is 0.311 e. The van der Waals surface area contributed by atoms with E-state index >= 15 is 0 Å². The summed E-state index contributed by atoms with van der Waals surface area (Å²) in [5.74, 6) is -0.940. The molecule has 1 aliphatic heterocycles. The highest BCUT2D eigenvalue weighted by Crippen LogP contribution is 2.39. The molecule has 1 aromatic heterocycles. The smallest absolute Gasteiger partial charge is 0.311 e. The SMILES string of the molecule is CNC(=O)c1cc(N2CCC(C(=O)O)(C(C)C)C2)ccn1. The molecule has 0 aliphatic carbocycles. The number of nitrogens with one attached hydrogen (secondary N) is 1. The Hall–Kier alpha value is -2.11. The van der Waals surface area contributed by atoms with Gasteiger partial charge in [0.25, 0.3) is 5.91 Å². The van der Waals surface area contributed by atoms with Gasteiger partial charge in [0.15, 0.2) is 0 Å². The van der Waals surface area contributed by atoms with Crippen LogP contribution < -0.4 is 10.2 Å². The Bertz CT molecular complexity index is 559. The van der Waals surface area contributed by atoms with E-state index in [1.165, 1.54) is 0 Å². The first-order chi connectivity index (χ1) is 9.90. The molecule has 0 radical (unpaired) electrons. The van der Waals surface area contributed by atoms with E-state index < -0.39 is 11.4 Å². The highest BCUT2D eigenvalue weighted by Gasteiger charge is 2.47. The molecule has 0 saturated carbocycles. The van der Waals surface area contributed by atoms with Gasteiger partial charge in [-0.05, 0) is 24.5 Å². The van der Waals surface area contributed by atoms with Crippen molar-refractivity contribution in [1.82, 2.24) is 10.3 Å². The topological polar surface area (TPSA) is 82.5 Å². The minimum Gasteiger partial charge on any atom is -0.481 e. The van der Waals surface area contributed by atoms with Gasteiger partial charge in [-0.1, -0.05) is 13.8 Å². The Labute approximate surface area is 124 Å². The Balaban J connectivity index is 2.25. The summed E-state index contributed by atoms with van der Waals surface area (Å²) in [5, 5.41) is 12.1. The zero-order valence-electron chi connectivity index (χ0n) is 12.6. The average molecular weight is 291 g/mol. The van der Waals surface area contributed by atoms with E-state index in [0.717, 1.165) is 5.69 Å². The number of amides is 1. The Morgan fingerprint density at radius 3 is 2.71 bits per heavy atom. The number of aromatic nitrogens is 1. The van der Waals surface area contributed by atoms with Crippen LogP contribution in [0.25, 0.3) is 0 Å². The lowest BCUT2D eigenvalue weighted by molar-refractivity contribution is -0.150. The Morgan fingerprint density at radius 2 is 2.19 bits per heavy atom. The van der Waals surface area contributed by atoms with E-state index in [4.69, 9.17) is 0 Å². The van der Waals surface area contributed by atoms with E-state index in [1.54, 1.807) is 19.3 Å². The third-order valence-corrected chi connectivity index (χ3v) is 4.40. The Kier molecular flexibility index (Phi) is 4.16. The number of rotatable bonds is 4. The molecular formula is C15H21N3O3. The van der Waals surface area contributed by atoms with Crippen LogP contribution in [0.1, 0.15) is 30.8 Å². The van der Waals surface area contributed by atoms with E-state index in [-0.39, 0.29) is 11.8 Å². The first-order valence-corrected chi connectivity index (χ1v) is 7.07. The number of aliphatic carboxylic acids is 1. The third kappa shape index (κ3) is 2.70. The molecule has 1 aliphatic rings. The fourth-order valence-corrected chi connectivity index (χ4v) is 2.81. The predicted octanol–water partition coefficient (Wildman–Crippen LogP) is 1.38. The molecule has 0 bridgehead atoms. The lowest BCUT2D eigenvalue weighted by Crippen LogP contribution is -2.39. The maximum absolute atomic E-state index is 11.7. The number of carboxylic acids is 1. The zero-order chi connectivity index (χ0) is 15.6. The molecule has 1 aromatic rings. The van der Waals surface area contributed by atoms with E-state index in [1.807, 2.05) is 24.8 Å². The minimum atomic E-state index is -0.749. The summed E-state index contributed by atoms with van der Waals surface area (Å²) in [4.78, 5) is 29.3. The van der Waals surface area contributed by atoms with Crippen LogP contribution in [0.15, 0.2) is 18.3 Å². The first-order valence-electron chi connectivity index (χ1n) is 7.07. The second-order valence-electron chi connectivity index (χ2n) is 5.77. The monoisotopic (exact) mass is 291 g/mol. The molecule has 6 nitrogen and oxygen atoms in total. The second kappa shape index (κ2) is 5.71. The number of anilines is 1. The van der Waals surface area contributed by atoms with Crippen molar-refractivity contribution in [2.45, 2.75) is 20.3 Å². The number of carbonyl (C=O) groups excluding carboxylic acids is 1. The maximum atomic E-state index is 11.7. The van der Waals surface area contributed by atoms with Crippen LogP contribution in [-0.2, 0) is 4.79 Å². The van der Waals surface area contributed by atoms with Crippen LogP contribution in [0.2, 0.25) is 0 Å².